The minimum absolute atomic E-state index is 0.0583. The lowest BCUT2D eigenvalue weighted by molar-refractivity contribution is -0.687. The summed E-state index contributed by atoms with van der Waals surface area (Å²) in [5.41, 5.74) is 12.5. The van der Waals surface area contributed by atoms with Crippen molar-refractivity contribution in [3.05, 3.63) is 63.9 Å². The molecule has 4 aromatic heterocycles. The molecule has 0 saturated carbocycles. The molecular weight excluding hydrogens is 631 g/mol. The first-order valence-electron chi connectivity index (χ1n) is 12.8. The molecule has 6 N–H and O–H groups in total. The third kappa shape index (κ3) is 5.35. The number of nitrogen functional groups attached to an aromatic ring is 2. The van der Waals surface area contributed by atoms with E-state index < -0.39 is 29.2 Å². The third-order valence-electron chi connectivity index (χ3n) is 6.86. The summed E-state index contributed by atoms with van der Waals surface area (Å²) in [6.45, 7) is 0.659. The highest BCUT2D eigenvalue weighted by atomic mass is 32.2. The summed E-state index contributed by atoms with van der Waals surface area (Å²) in [5.74, 6) is -2.72. The van der Waals surface area contributed by atoms with E-state index in [4.69, 9.17) is 21.7 Å². The fourth-order valence-electron chi connectivity index (χ4n) is 4.89. The van der Waals surface area contributed by atoms with Crippen molar-refractivity contribution < 1.29 is 28.9 Å². The predicted octanol–water partition coefficient (Wildman–Crippen LogP) is -1.39. The van der Waals surface area contributed by atoms with E-state index in [1.165, 1.54) is 30.2 Å². The molecule has 0 aromatic carbocycles. The van der Waals surface area contributed by atoms with Crippen molar-refractivity contribution in [3.63, 3.8) is 0 Å². The minimum atomic E-state index is -1.48. The maximum Gasteiger partial charge on any atom is 0.278 e. The van der Waals surface area contributed by atoms with Crippen molar-refractivity contribution >= 4 is 80.0 Å². The Hall–Kier alpha value is -4.88. The molecule has 0 spiro atoms. The first-order valence-corrected chi connectivity index (χ1v) is 15.5. The van der Waals surface area contributed by atoms with E-state index in [0.29, 0.717) is 17.8 Å². The van der Waals surface area contributed by atoms with Crippen LogP contribution in [0.2, 0.25) is 0 Å². The van der Waals surface area contributed by atoms with Gasteiger partial charge in [0.2, 0.25) is 11.5 Å². The molecule has 6 heterocycles. The molecule has 0 aliphatic carbocycles. The molecule has 0 radical (unpaired) electrons. The number of anilines is 1. The van der Waals surface area contributed by atoms with Crippen LogP contribution in [0.3, 0.4) is 0 Å². The van der Waals surface area contributed by atoms with Crippen molar-refractivity contribution in [2.45, 2.75) is 24.5 Å². The summed E-state index contributed by atoms with van der Waals surface area (Å²) in [4.78, 5) is 52.7. The number of oxime groups is 1. The lowest BCUT2D eigenvalue weighted by Gasteiger charge is -2.50. The Balaban J connectivity index is 1.21. The van der Waals surface area contributed by atoms with Gasteiger partial charge in [0, 0.05) is 45.9 Å². The van der Waals surface area contributed by atoms with Gasteiger partial charge >= 0.3 is 0 Å². The zero-order chi connectivity index (χ0) is 31.1. The molecule has 2 aliphatic heterocycles. The van der Waals surface area contributed by atoms with Gasteiger partial charge in [-0.2, -0.15) is 13.9 Å². The lowest BCUT2D eigenvalue weighted by atomic mass is 10.0. The van der Waals surface area contributed by atoms with Crippen LogP contribution < -0.4 is 26.5 Å². The number of amidine groups is 1. The zero-order valence-electron chi connectivity index (χ0n) is 22.8. The van der Waals surface area contributed by atoms with Crippen LogP contribution in [0.15, 0.2) is 52.5 Å². The standard InChI is InChI=1S/C25H23N11O5S3/c1-41-32-16(20-31-25(28)44-33-20)21(37)30-17-22(38)36-18(24(39)40)12(9-43-23(17)36)6-34-4-2-11-3-5-35(14(11)7-34)8-15-29-13(10-42-15)19(26)27/h2-5,7,10,17,23H,6,8-9H2,1H3,(H6-,26,27,28,30,31,33,37,39,40)/b32-16-/t17-,23-/m1/s1. The minimum Gasteiger partial charge on any atom is -0.543 e. The Morgan fingerprint density at radius 3 is 2.84 bits per heavy atom. The Bertz CT molecular complexity index is 1890. The average Bonchev–Trinajstić information content (AvgIpc) is 3.75. The summed E-state index contributed by atoms with van der Waals surface area (Å²) in [5, 5.41) is 29.1. The van der Waals surface area contributed by atoms with Crippen LogP contribution in [0.25, 0.3) is 10.9 Å². The number of hydrogen-bond donors (Lipinski definition) is 4. The van der Waals surface area contributed by atoms with E-state index in [2.05, 4.69) is 24.8 Å². The highest BCUT2D eigenvalue weighted by Gasteiger charge is 2.53. The van der Waals surface area contributed by atoms with Gasteiger partial charge in [-0.15, -0.1) is 23.1 Å². The fraction of sp³-hybridized carbons (Fsp3) is 0.240. The molecule has 4 aromatic rings. The highest BCUT2D eigenvalue weighted by Crippen LogP contribution is 2.40. The molecule has 2 amide bonds. The zero-order valence-corrected chi connectivity index (χ0v) is 25.2. The van der Waals surface area contributed by atoms with Crippen LogP contribution in [-0.2, 0) is 32.3 Å². The number of carbonyl (C=O) groups is 3. The van der Waals surface area contributed by atoms with Gasteiger partial charge in [0.25, 0.3) is 11.8 Å². The maximum absolute atomic E-state index is 13.2. The summed E-state index contributed by atoms with van der Waals surface area (Å²) < 4.78 is 7.80. The summed E-state index contributed by atoms with van der Waals surface area (Å²) >= 11 is 3.60. The van der Waals surface area contributed by atoms with Crippen molar-refractivity contribution in [3.8, 4) is 0 Å². The Morgan fingerprint density at radius 2 is 2.16 bits per heavy atom. The van der Waals surface area contributed by atoms with Gasteiger partial charge in [-0.3, -0.25) is 19.9 Å². The van der Waals surface area contributed by atoms with E-state index in [9.17, 15) is 19.5 Å². The first kappa shape index (κ1) is 29.2. The van der Waals surface area contributed by atoms with Crippen LogP contribution in [0.1, 0.15) is 16.5 Å². The molecule has 2 atom stereocenters. The largest absolute Gasteiger partial charge is 0.543 e. The number of nitrogens with zero attached hydrogens (tertiary/aromatic N) is 7. The van der Waals surface area contributed by atoms with Gasteiger partial charge in [-0.25, -0.2) is 4.98 Å². The lowest BCUT2D eigenvalue weighted by Crippen LogP contribution is -2.71. The molecule has 16 nitrogen and oxygen atoms in total. The van der Waals surface area contributed by atoms with Gasteiger partial charge < -0.3 is 36.1 Å². The number of aliphatic carboxylic acids is 1. The average molecular weight is 654 g/mol. The number of carbonyl (C=O) groups excluding carboxylic acids is 3. The van der Waals surface area contributed by atoms with Crippen molar-refractivity contribution in [1.82, 2.24) is 29.1 Å². The Labute approximate surface area is 260 Å². The van der Waals surface area contributed by atoms with E-state index in [1.807, 2.05) is 39.9 Å². The molecule has 226 valence electrons. The smallest absolute Gasteiger partial charge is 0.278 e. The van der Waals surface area contributed by atoms with Crippen molar-refractivity contribution in [2.24, 2.45) is 10.9 Å². The number of β-lactam (4-membered cyclic amide) rings is 1. The molecule has 0 unspecified atom stereocenters. The van der Waals surface area contributed by atoms with Gasteiger partial charge in [0.05, 0.1) is 18.2 Å². The number of nitrogens with one attached hydrogen (secondary N) is 2. The number of nitrogens with two attached hydrogens (primary N) is 2. The van der Waals surface area contributed by atoms with Crippen LogP contribution >= 0.6 is 34.6 Å². The molecule has 1 fully saturated rings. The van der Waals surface area contributed by atoms with Crippen LogP contribution in [0, 0.1) is 5.41 Å². The molecule has 44 heavy (non-hydrogen) atoms. The van der Waals surface area contributed by atoms with Crippen molar-refractivity contribution in [1.29, 1.82) is 5.41 Å². The molecular formula is C25H23N11O5S3. The first-order chi connectivity index (χ1) is 21.1. The van der Waals surface area contributed by atoms with E-state index in [1.54, 1.807) is 5.38 Å². The van der Waals surface area contributed by atoms with Gasteiger partial charge in [0.15, 0.2) is 24.1 Å². The molecule has 6 rings (SSSR count). The number of thiazole rings is 1. The van der Waals surface area contributed by atoms with Crippen molar-refractivity contribution in [2.75, 3.05) is 18.6 Å². The summed E-state index contributed by atoms with van der Waals surface area (Å²) in [7, 11) is 1.24. The van der Waals surface area contributed by atoms with Gasteiger partial charge in [-0.1, -0.05) is 5.16 Å². The van der Waals surface area contributed by atoms with Crippen LogP contribution in [-0.4, -0.2) is 77.4 Å². The number of pyridine rings is 1. The number of fused-ring (bicyclic) bond motifs is 2. The monoisotopic (exact) mass is 653 g/mol. The number of carboxylic acid groups (broad SMARTS) is 1. The van der Waals surface area contributed by atoms with E-state index in [0.717, 1.165) is 32.3 Å². The molecule has 1 saturated heterocycles. The van der Waals surface area contributed by atoms with Crippen LogP contribution in [0.5, 0.6) is 0 Å². The van der Waals surface area contributed by atoms with Crippen LogP contribution in [0.4, 0.5) is 5.13 Å². The molecule has 2 aliphatic rings. The number of amides is 2. The fourth-order valence-corrected chi connectivity index (χ4v) is 7.45. The normalized spacial score (nSPS) is 18.2. The number of aromatic nitrogens is 5. The van der Waals surface area contributed by atoms with Gasteiger partial charge in [-0.05, 0) is 6.07 Å². The molecule has 0 bridgehead atoms. The summed E-state index contributed by atoms with van der Waals surface area (Å²) in [6.07, 6.45) is 5.64. The Kier molecular flexibility index (Phi) is 7.74. The number of rotatable bonds is 10. The number of hydrogen-bond acceptors (Lipinski definition) is 14. The van der Waals surface area contributed by atoms with E-state index >= 15 is 0 Å². The topological polar surface area (TPSA) is 234 Å². The SMILES string of the molecule is CO/N=C(\C(=O)N[C@@H]1C(=O)N2C(C(=O)[O-])=C(C[n+]3ccc4ccn(Cc5nc(C(=N)N)cs5)c4c3)CS[C@H]12)c1nsc(N)n1. The third-order valence-corrected chi connectivity index (χ3v) is 9.57. The second-order valence-electron chi connectivity index (χ2n) is 9.62. The number of thioether (sulfide) groups is 1. The predicted molar refractivity (Wildman–Crippen MR) is 159 cm³/mol. The molecule has 19 heteroatoms. The Morgan fingerprint density at radius 1 is 1.34 bits per heavy atom. The summed E-state index contributed by atoms with van der Waals surface area (Å²) in [6, 6.07) is 2.86. The quantitative estimate of drug-likeness (QED) is 0.0511. The second kappa shape index (κ2) is 11.7. The van der Waals surface area contributed by atoms with E-state index in [-0.39, 0.29) is 40.5 Å². The second-order valence-corrected chi connectivity index (χ2v) is 12.5. The van der Waals surface area contributed by atoms with Gasteiger partial charge in [0.1, 0.15) is 40.6 Å². The maximum atomic E-state index is 13.2. The number of carboxylic acids is 1. The highest BCUT2D eigenvalue weighted by molar-refractivity contribution is 8.00.